The highest BCUT2D eigenvalue weighted by Gasteiger charge is 2.16. The second kappa shape index (κ2) is 5.79. The molecule has 0 unspecified atom stereocenters. The van der Waals surface area contributed by atoms with E-state index in [4.69, 9.17) is 5.11 Å². The van der Waals surface area contributed by atoms with Gasteiger partial charge in [0.15, 0.2) is 0 Å². The van der Waals surface area contributed by atoms with Crippen LogP contribution in [0.15, 0.2) is 42.5 Å². The van der Waals surface area contributed by atoms with Crippen molar-refractivity contribution in [2.75, 3.05) is 11.9 Å². The summed E-state index contributed by atoms with van der Waals surface area (Å²) in [4.78, 5) is 24.9. The number of carbonyl (C=O) groups excluding carboxylic acids is 1. The van der Waals surface area contributed by atoms with Gasteiger partial charge in [-0.15, -0.1) is 0 Å². The molecule has 108 valence electrons. The van der Waals surface area contributed by atoms with E-state index in [0.717, 1.165) is 11.1 Å². The molecule has 0 saturated carbocycles. The molecule has 0 aromatic heterocycles. The molecule has 2 rings (SSSR count). The van der Waals surface area contributed by atoms with Crippen molar-refractivity contribution >= 4 is 17.6 Å². The van der Waals surface area contributed by atoms with Crippen LogP contribution in [0.2, 0.25) is 0 Å². The summed E-state index contributed by atoms with van der Waals surface area (Å²) in [5.41, 5.74) is 3.54. The van der Waals surface area contributed by atoms with Crippen molar-refractivity contribution in [1.82, 2.24) is 0 Å². The summed E-state index contributed by atoms with van der Waals surface area (Å²) >= 11 is 0. The van der Waals surface area contributed by atoms with E-state index in [-0.39, 0.29) is 11.5 Å². The van der Waals surface area contributed by atoms with E-state index in [9.17, 15) is 9.59 Å². The van der Waals surface area contributed by atoms with Gasteiger partial charge in [0.2, 0.25) is 0 Å². The standard InChI is InChI=1S/C17H17NO3/c1-11-4-9-15(12(2)10-11)16(19)18(3)14-7-5-13(6-8-14)17(20)21/h4-10H,1-3H3,(H,20,21). The lowest BCUT2D eigenvalue weighted by atomic mass is 10.0. The third kappa shape index (κ3) is 3.11. The number of carboxylic acids is 1. The third-order valence-corrected chi connectivity index (χ3v) is 3.42. The molecule has 0 bridgehead atoms. The van der Waals surface area contributed by atoms with Crippen LogP contribution in [0.25, 0.3) is 0 Å². The van der Waals surface area contributed by atoms with Gasteiger partial charge >= 0.3 is 5.97 Å². The van der Waals surface area contributed by atoms with E-state index < -0.39 is 5.97 Å². The second-order valence-electron chi connectivity index (χ2n) is 5.03. The molecule has 0 heterocycles. The van der Waals surface area contributed by atoms with E-state index in [2.05, 4.69) is 0 Å². The Morgan fingerprint density at radius 2 is 1.62 bits per heavy atom. The van der Waals surface area contributed by atoms with Crippen molar-refractivity contribution in [1.29, 1.82) is 0 Å². The van der Waals surface area contributed by atoms with Crippen LogP contribution in [-0.4, -0.2) is 24.0 Å². The summed E-state index contributed by atoms with van der Waals surface area (Å²) in [6.45, 7) is 3.89. The summed E-state index contributed by atoms with van der Waals surface area (Å²) in [5.74, 6) is -1.10. The van der Waals surface area contributed by atoms with Crippen LogP contribution in [0.3, 0.4) is 0 Å². The molecule has 0 fully saturated rings. The highest BCUT2D eigenvalue weighted by molar-refractivity contribution is 6.06. The maximum Gasteiger partial charge on any atom is 0.335 e. The minimum atomic E-state index is -0.982. The number of carboxylic acid groups (broad SMARTS) is 1. The van der Waals surface area contributed by atoms with Crippen LogP contribution in [0.5, 0.6) is 0 Å². The van der Waals surface area contributed by atoms with Gasteiger partial charge in [-0.2, -0.15) is 0 Å². The summed E-state index contributed by atoms with van der Waals surface area (Å²) in [6.07, 6.45) is 0. The van der Waals surface area contributed by atoms with Gasteiger partial charge in [-0.05, 0) is 49.7 Å². The van der Waals surface area contributed by atoms with Crippen LogP contribution >= 0.6 is 0 Å². The molecule has 0 radical (unpaired) electrons. The van der Waals surface area contributed by atoms with E-state index in [1.165, 1.54) is 17.0 Å². The first kappa shape index (κ1) is 14.8. The van der Waals surface area contributed by atoms with E-state index >= 15 is 0 Å². The molecule has 0 spiro atoms. The zero-order valence-corrected chi connectivity index (χ0v) is 12.3. The first-order chi connectivity index (χ1) is 9.90. The first-order valence-corrected chi connectivity index (χ1v) is 6.59. The number of carbonyl (C=O) groups is 2. The zero-order valence-electron chi connectivity index (χ0n) is 12.3. The molecule has 1 N–H and O–H groups in total. The molecule has 0 aliphatic heterocycles. The quantitative estimate of drug-likeness (QED) is 0.940. The summed E-state index contributed by atoms with van der Waals surface area (Å²) < 4.78 is 0. The van der Waals surface area contributed by atoms with Crippen molar-refractivity contribution in [3.63, 3.8) is 0 Å². The van der Waals surface area contributed by atoms with Crippen molar-refractivity contribution < 1.29 is 14.7 Å². The number of rotatable bonds is 3. The normalized spacial score (nSPS) is 10.2. The summed E-state index contributed by atoms with van der Waals surface area (Å²) in [7, 11) is 1.68. The number of hydrogen-bond acceptors (Lipinski definition) is 2. The van der Waals surface area contributed by atoms with Crippen LogP contribution in [-0.2, 0) is 0 Å². The van der Waals surface area contributed by atoms with Crippen LogP contribution in [0, 0.1) is 13.8 Å². The minimum Gasteiger partial charge on any atom is -0.478 e. The number of benzene rings is 2. The summed E-state index contributed by atoms with van der Waals surface area (Å²) in [5, 5.41) is 8.88. The topological polar surface area (TPSA) is 57.6 Å². The smallest absolute Gasteiger partial charge is 0.335 e. The van der Waals surface area contributed by atoms with Crippen LogP contribution in [0.4, 0.5) is 5.69 Å². The van der Waals surface area contributed by atoms with Crippen molar-refractivity contribution in [2.45, 2.75) is 13.8 Å². The molecule has 0 saturated heterocycles. The molecule has 2 aromatic rings. The number of aryl methyl sites for hydroxylation is 2. The lowest BCUT2D eigenvalue weighted by Gasteiger charge is -2.19. The monoisotopic (exact) mass is 283 g/mol. The van der Waals surface area contributed by atoms with Gasteiger partial charge in [-0.3, -0.25) is 4.79 Å². The third-order valence-electron chi connectivity index (χ3n) is 3.42. The highest BCUT2D eigenvalue weighted by atomic mass is 16.4. The predicted molar refractivity (Wildman–Crippen MR) is 82.1 cm³/mol. The predicted octanol–water partition coefficient (Wildman–Crippen LogP) is 3.28. The lowest BCUT2D eigenvalue weighted by molar-refractivity contribution is 0.0696. The maximum atomic E-state index is 12.5. The highest BCUT2D eigenvalue weighted by Crippen LogP contribution is 2.19. The number of hydrogen-bond donors (Lipinski definition) is 1. The molecule has 21 heavy (non-hydrogen) atoms. The minimum absolute atomic E-state index is 0.115. The lowest BCUT2D eigenvalue weighted by Crippen LogP contribution is -2.27. The van der Waals surface area contributed by atoms with Crippen LogP contribution in [0.1, 0.15) is 31.8 Å². The molecular weight excluding hydrogens is 266 g/mol. The Balaban J connectivity index is 2.28. The molecular formula is C17H17NO3. The molecule has 2 aromatic carbocycles. The van der Waals surface area contributed by atoms with E-state index in [1.807, 2.05) is 32.0 Å². The molecule has 0 aliphatic rings. The van der Waals surface area contributed by atoms with E-state index in [0.29, 0.717) is 11.3 Å². The summed E-state index contributed by atoms with van der Waals surface area (Å²) in [6, 6.07) is 11.9. The SMILES string of the molecule is Cc1ccc(C(=O)N(C)c2ccc(C(=O)O)cc2)c(C)c1. The van der Waals surface area contributed by atoms with Gasteiger partial charge in [0.05, 0.1) is 5.56 Å². The Labute approximate surface area is 123 Å². The fourth-order valence-corrected chi connectivity index (χ4v) is 2.18. The van der Waals surface area contributed by atoms with Gasteiger partial charge < -0.3 is 10.0 Å². The number of nitrogens with zero attached hydrogens (tertiary/aromatic N) is 1. The fourth-order valence-electron chi connectivity index (χ4n) is 2.18. The Morgan fingerprint density at radius 3 is 2.14 bits per heavy atom. The van der Waals surface area contributed by atoms with Gasteiger partial charge in [0.25, 0.3) is 5.91 Å². The van der Waals surface area contributed by atoms with Crippen LogP contribution < -0.4 is 4.90 Å². The Kier molecular flexibility index (Phi) is 4.08. The first-order valence-electron chi connectivity index (χ1n) is 6.59. The molecule has 0 atom stereocenters. The van der Waals surface area contributed by atoms with Gasteiger partial charge in [-0.1, -0.05) is 17.7 Å². The van der Waals surface area contributed by atoms with Gasteiger partial charge in [0, 0.05) is 18.3 Å². The molecule has 0 aliphatic carbocycles. The van der Waals surface area contributed by atoms with Crippen molar-refractivity contribution in [2.24, 2.45) is 0 Å². The number of aromatic carboxylic acids is 1. The zero-order chi connectivity index (χ0) is 15.6. The fraction of sp³-hybridized carbons (Fsp3) is 0.176. The molecule has 1 amide bonds. The van der Waals surface area contributed by atoms with Crippen molar-refractivity contribution in [3.8, 4) is 0 Å². The average molecular weight is 283 g/mol. The Hall–Kier alpha value is -2.62. The molecule has 4 heteroatoms. The molecule has 4 nitrogen and oxygen atoms in total. The van der Waals surface area contributed by atoms with Crippen molar-refractivity contribution in [3.05, 3.63) is 64.7 Å². The maximum absolute atomic E-state index is 12.5. The second-order valence-corrected chi connectivity index (χ2v) is 5.03. The van der Waals surface area contributed by atoms with Gasteiger partial charge in [-0.25, -0.2) is 4.79 Å². The average Bonchev–Trinajstić information content (AvgIpc) is 2.46. The van der Waals surface area contributed by atoms with E-state index in [1.54, 1.807) is 19.2 Å². The number of amides is 1. The number of anilines is 1. The largest absolute Gasteiger partial charge is 0.478 e. The Morgan fingerprint density at radius 1 is 1.00 bits per heavy atom. The van der Waals surface area contributed by atoms with Gasteiger partial charge in [0.1, 0.15) is 0 Å². The Bertz CT molecular complexity index is 690.